The van der Waals surface area contributed by atoms with Crippen LogP contribution in [0.2, 0.25) is 10.2 Å². The van der Waals surface area contributed by atoms with Crippen molar-refractivity contribution in [3.05, 3.63) is 58.1 Å². The highest BCUT2D eigenvalue weighted by Crippen LogP contribution is 2.18. The van der Waals surface area contributed by atoms with Crippen LogP contribution in [0, 0.1) is 5.82 Å². The van der Waals surface area contributed by atoms with Crippen molar-refractivity contribution in [2.75, 3.05) is 20.2 Å². The van der Waals surface area contributed by atoms with Crippen molar-refractivity contribution in [1.29, 1.82) is 0 Å². The second kappa shape index (κ2) is 7.42. The summed E-state index contributed by atoms with van der Waals surface area (Å²) in [4.78, 5) is 17.5. The van der Waals surface area contributed by atoms with E-state index in [1.54, 1.807) is 19.2 Å². The molecule has 7 heteroatoms. The van der Waals surface area contributed by atoms with Crippen molar-refractivity contribution in [3.63, 3.8) is 0 Å². The fourth-order valence-electron chi connectivity index (χ4n) is 1.70. The number of carbonyl (C=O) groups is 1. The Kier molecular flexibility index (Phi) is 5.57. The topological polar surface area (TPSA) is 42.4 Å². The Labute approximate surface area is 137 Å². The van der Waals surface area contributed by atoms with Gasteiger partial charge in [-0.05, 0) is 24.3 Å². The first-order valence-electron chi connectivity index (χ1n) is 6.44. The number of hydrogen-bond donors (Lipinski definition) is 0. The highest BCUT2D eigenvalue weighted by atomic mass is 35.5. The number of ether oxygens (including phenoxy) is 1. The molecule has 0 unspecified atom stereocenters. The average Bonchev–Trinajstić information content (AvgIpc) is 2.50. The Morgan fingerprint density at radius 2 is 2.00 bits per heavy atom. The maximum absolute atomic E-state index is 13.4. The molecule has 2 aromatic rings. The fourth-order valence-corrected chi connectivity index (χ4v) is 2.04. The Bertz CT molecular complexity index is 682. The van der Waals surface area contributed by atoms with E-state index in [0.29, 0.717) is 0 Å². The van der Waals surface area contributed by atoms with Gasteiger partial charge in [0.25, 0.3) is 5.91 Å². The van der Waals surface area contributed by atoms with Crippen molar-refractivity contribution in [3.8, 4) is 5.75 Å². The van der Waals surface area contributed by atoms with Crippen LogP contribution in [0.1, 0.15) is 10.5 Å². The number of rotatable bonds is 5. The molecule has 2 rings (SSSR count). The third-order valence-corrected chi connectivity index (χ3v) is 3.40. The largest absolute Gasteiger partial charge is 0.489 e. The molecule has 0 spiro atoms. The molecule has 116 valence electrons. The molecule has 0 saturated carbocycles. The quantitative estimate of drug-likeness (QED) is 0.778. The zero-order chi connectivity index (χ0) is 16.1. The van der Waals surface area contributed by atoms with Crippen LogP contribution >= 0.6 is 23.2 Å². The van der Waals surface area contributed by atoms with Crippen LogP contribution in [-0.4, -0.2) is 36.0 Å². The molecular weight excluding hydrogens is 330 g/mol. The van der Waals surface area contributed by atoms with E-state index in [9.17, 15) is 9.18 Å². The number of amides is 1. The first kappa shape index (κ1) is 16.5. The Morgan fingerprint density at radius 1 is 1.27 bits per heavy atom. The minimum Gasteiger partial charge on any atom is -0.489 e. The fraction of sp³-hybridized carbons (Fsp3) is 0.200. The number of hydrogen-bond acceptors (Lipinski definition) is 3. The van der Waals surface area contributed by atoms with Crippen molar-refractivity contribution in [2.45, 2.75) is 0 Å². The zero-order valence-corrected chi connectivity index (χ0v) is 13.2. The third-order valence-electron chi connectivity index (χ3n) is 2.88. The predicted molar refractivity (Wildman–Crippen MR) is 83.1 cm³/mol. The Balaban J connectivity index is 1.94. The summed E-state index contributed by atoms with van der Waals surface area (Å²) in [5.74, 6) is -0.692. The van der Waals surface area contributed by atoms with Gasteiger partial charge in [-0.2, -0.15) is 0 Å². The van der Waals surface area contributed by atoms with Crippen molar-refractivity contribution in [1.82, 2.24) is 9.88 Å². The molecule has 1 heterocycles. The molecule has 4 nitrogen and oxygen atoms in total. The van der Waals surface area contributed by atoms with E-state index in [1.807, 2.05) is 0 Å². The summed E-state index contributed by atoms with van der Waals surface area (Å²) in [5, 5.41) is 0.403. The summed E-state index contributed by atoms with van der Waals surface area (Å²) in [6.45, 7) is 0.388. The van der Waals surface area contributed by atoms with Crippen LogP contribution in [0.4, 0.5) is 4.39 Å². The second-order valence-electron chi connectivity index (χ2n) is 4.47. The number of likely N-dealkylation sites (N-methyl/N-ethyl adjacent to an activating group) is 1. The minimum atomic E-state index is -0.448. The van der Waals surface area contributed by atoms with E-state index in [-0.39, 0.29) is 40.7 Å². The lowest BCUT2D eigenvalue weighted by Crippen LogP contribution is -2.31. The maximum Gasteiger partial charge on any atom is 0.273 e. The SMILES string of the molecule is CN(CCOc1ccccc1F)C(=O)c1nc(Cl)ccc1Cl. The molecule has 0 atom stereocenters. The first-order chi connectivity index (χ1) is 10.5. The molecule has 1 amide bonds. The van der Waals surface area contributed by atoms with Gasteiger partial charge in [0.2, 0.25) is 0 Å². The number of nitrogens with zero attached hydrogens (tertiary/aromatic N) is 2. The number of halogens is 3. The maximum atomic E-state index is 13.4. The molecule has 0 aliphatic heterocycles. The van der Waals surface area contributed by atoms with Crippen LogP contribution in [0.15, 0.2) is 36.4 Å². The molecule has 0 N–H and O–H groups in total. The number of benzene rings is 1. The van der Waals surface area contributed by atoms with E-state index in [2.05, 4.69) is 4.98 Å². The van der Waals surface area contributed by atoms with Gasteiger partial charge in [-0.1, -0.05) is 35.3 Å². The normalized spacial score (nSPS) is 10.4. The molecule has 0 saturated heterocycles. The van der Waals surface area contributed by atoms with E-state index < -0.39 is 5.82 Å². The number of carbonyl (C=O) groups excluding carboxylic acids is 1. The van der Waals surface area contributed by atoms with Gasteiger partial charge >= 0.3 is 0 Å². The van der Waals surface area contributed by atoms with Crippen LogP contribution in [-0.2, 0) is 0 Å². The summed E-state index contributed by atoms with van der Waals surface area (Å²) in [6.07, 6.45) is 0. The van der Waals surface area contributed by atoms with Crippen molar-refractivity contribution >= 4 is 29.1 Å². The van der Waals surface area contributed by atoms with E-state index in [4.69, 9.17) is 27.9 Å². The first-order valence-corrected chi connectivity index (χ1v) is 7.19. The van der Waals surface area contributed by atoms with E-state index >= 15 is 0 Å². The number of aromatic nitrogens is 1. The van der Waals surface area contributed by atoms with Gasteiger partial charge in [-0.3, -0.25) is 4.79 Å². The zero-order valence-electron chi connectivity index (χ0n) is 11.7. The molecule has 0 aliphatic carbocycles. The average molecular weight is 343 g/mol. The van der Waals surface area contributed by atoms with Crippen molar-refractivity contribution in [2.24, 2.45) is 0 Å². The molecule has 22 heavy (non-hydrogen) atoms. The van der Waals surface area contributed by atoms with Crippen LogP contribution < -0.4 is 4.74 Å². The van der Waals surface area contributed by atoms with Gasteiger partial charge < -0.3 is 9.64 Å². The molecule has 1 aromatic heterocycles. The van der Waals surface area contributed by atoms with Crippen molar-refractivity contribution < 1.29 is 13.9 Å². The monoisotopic (exact) mass is 342 g/mol. The summed E-state index contributed by atoms with van der Waals surface area (Å²) in [5.41, 5.74) is 0.0718. The molecule has 0 bridgehead atoms. The minimum absolute atomic E-state index is 0.0718. The van der Waals surface area contributed by atoms with Gasteiger partial charge in [0.05, 0.1) is 11.6 Å². The lowest BCUT2D eigenvalue weighted by Gasteiger charge is -2.17. The summed E-state index contributed by atoms with van der Waals surface area (Å²) in [6, 6.07) is 9.08. The summed E-state index contributed by atoms with van der Waals surface area (Å²) < 4.78 is 18.7. The Hall–Kier alpha value is -1.85. The predicted octanol–water partition coefficient (Wildman–Crippen LogP) is 3.68. The lowest BCUT2D eigenvalue weighted by atomic mass is 10.3. The molecular formula is C15H13Cl2FN2O2. The number of pyridine rings is 1. The Morgan fingerprint density at radius 3 is 2.73 bits per heavy atom. The van der Waals surface area contributed by atoms with Crippen LogP contribution in [0.3, 0.4) is 0 Å². The smallest absolute Gasteiger partial charge is 0.273 e. The van der Waals surface area contributed by atoms with Gasteiger partial charge in [-0.25, -0.2) is 9.37 Å². The summed E-state index contributed by atoms with van der Waals surface area (Å²) >= 11 is 11.7. The molecule has 0 radical (unpaired) electrons. The second-order valence-corrected chi connectivity index (χ2v) is 5.26. The van der Waals surface area contributed by atoms with Gasteiger partial charge in [0.1, 0.15) is 17.5 Å². The lowest BCUT2D eigenvalue weighted by molar-refractivity contribution is 0.0767. The van der Waals surface area contributed by atoms with Gasteiger partial charge in [0.15, 0.2) is 11.6 Å². The van der Waals surface area contributed by atoms with Gasteiger partial charge in [0, 0.05) is 7.05 Å². The summed E-state index contributed by atoms with van der Waals surface area (Å²) in [7, 11) is 1.58. The van der Waals surface area contributed by atoms with E-state index in [0.717, 1.165) is 0 Å². The third kappa shape index (κ3) is 4.08. The molecule has 0 fully saturated rings. The molecule has 1 aromatic carbocycles. The number of para-hydroxylation sites is 1. The highest BCUT2D eigenvalue weighted by molar-refractivity contribution is 6.34. The molecule has 0 aliphatic rings. The van der Waals surface area contributed by atoms with Crippen LogP contribution in [0.25, 0.3) is 0 Å². The van der Waals surface area contributed by atoms with Crippen LogP contribution in [0.5, 0.6) is 5.75 Å². The highest BCUT2D eigenvalue weighted by Gasteiger charge is 2.17. The standard InChI is InChI=1S/C15H13Cl2FN2O2/c1-20(8-9-22-12-5-3-2-4-11(12)18)15(21)14-10(16)6-7-13(17)19-14/h2-7H,8-9H2,1H3. The van der Waals surface area contributed by atoms with E-state index in [1.165, 1.54) is 29.2 Å². The van der Waals surface area contributed by atoms with Gasteiger partial charge in [-0.15, -0.1) is 0 Å².